The SMILES string of the molecule is CN=C(NCc1ccc(Cl)cc1)NC1C2CCOC2C12CCCC2.I. The van der Waals surface area contributed by atoms with Crippen molar-refractivity contribution in [3.63, 3.8) is 0 Å². The second-order valence-corrected chi connectivity index (χ2v) is 7.79. The minimum Gasteiger partial charge on any atom is -0.377 e. The van der Waals surface area contributed by atoms with Gasteiger partial charge in [-0.25, -0.2) is 0 Å². The maximum absolute atomic E-state index is 6.06. The molecule has 2 N–H and O–H groups in total. The van der Waals surface area contributed by atoms with Crippen molar-refractivity contribution < 1.29 is 4.74 Å². The van der Waals surface area contributed by atoms with E-state index >= 15 is 0 Å². The molecule has 6 heteroatoms. The number of fused-ring (bicyclic) bond motifs is 2. The first-order valence-electron chi connectivity index (χ1n) is 9.06. The first-order valence-corrected chi connectivity index (χ1v) is 9.44. The number of aliphatic imine (C=N–C) groups is 1. The van der Waals surface area contributed by atoms with Gasteiger partial charge in [0.1, 0.15) is 0 Å². The summed E-state index contributed by atoms with van der Waals surface area (Å²) >= 11 is 5.95. The fourth-order valence-electron chi connectivity index (χ4n) is 5.03. The molecule has 1 heterocycles. The van der Waals surface area contributed by atoms with Gasteiger partial charge in [-0.05, 0) is 37.0 Å². The van der Waals surface area contributed by atoms with Crippen LogP contribution < -0.4 is 10.6 Å². The van der Waals surface area contributed by atoms with Crippen molar-refractivity contribution in [1.82, 2.24) is 10.6 Å². The van der Waals surface area contributed by atoms with Gasteiger partial charge >= 0.3 is 0 Å². The van der Waals surface area contributed by atoms with E-state index in [1.807, 2.05) is 31.3 Å². The number of halogens is 2. The Balaban J connectivity index is 0.00000182. The lowest BCUT2D eigenvalue weighted by Gasteiger charge is -2.57. The highest BCUT2D eigenvalue weighted by Crippen LogP contribution is 2.60. The van der Waals surface area contributed by atoms with Gasteiger partial charge in [0, 0.05) is 42.6 Å². The molecule has 4 rings (SSSR count). The van der Waals surface area contributed by atoms with Gasteiger partial charge in [-0.15, -0.1) is 24.0 Å². The molecule has 0 bridgehead atoms. The number of benzene rings is 1. The molecule has 1 aliphatic heterocycles. The third-order valence-corrected chi connectivity index (χ3v) is 6.43. The summed E-state index contributed by atoms with van der Waals surface area (Å²) in [4.78, 5) is 4.44. The van der Waals surface area contributed by atoms with E-state index in [1.165, 1.54) is 37.7 Å². The summed E-state index contributed by atoms with van der Waals surface area (Å²) in [7, 11) is 1.85. The Morgan fingerprint density at radius 3 is 2.68 bits per heavy atom. The van der Waals surface area contributed by atoms with Gasteiger partial charge in [0.2, 0.25) is 0 Å². The van der Waals surface area contributed by atoms with Crippen molar-refractivity contribution in [2.75, 3.05) is 13.7 Å². The molecule has 3 aliphatic rings. The van der Waals surface area contributed by atoms with Crippen molar-refractivity contribution in [2.24, 2.45) is 16.3 Å². The van der Waals surface area contributed by atoms with Crippen LogP contribution in [0.5, 0.6) is 0 Å². The number of ether oxygens (including phenoxy) is 1. The van der Waals surface area contributed by atoms with Crippen LogP contribution in [-0.4, -0.2) is 31.8 Å². The fourth-order valence-corrected chi connectivity index (χ4v) is 5.16. The quantitative estimate of drug-likeness (QED) is 0.395. The van der Waals surface area contributed by atoms with Gasteiger partial charge in [-0.3, -0.25) is 4.99 Å². The highest BCUT2D eigenvalue weighted by atomic mass is 127. The average molecular weight is 476 g/mol. The summed E-state index contributed by atoms with van der Waals surface area (Å²) in [6.45, 7) is 1.67. The van der Waals surface area contributed by atoms with Gasteiger partial charge < -0.3 is 15.4 Å². The molecule has 1 spiro atoms. The molecule has 0 radical (unpaired) electrons. The molecule has 1 aromatic carbocycles. The Morgan fingerprint density at radius 2 is 2.00 bits per heavy atom. The number of nitrogens with one attached hydrogen (secondary N) is 2. The summed E-state index contributed by atoms with van der Waals surface area (Å²) in [6.07, 6.45) is 6.91. The Morgan fingerprint density at radius 1 is 1.28 bits per heavy atom. The van der Waals surface area contributed by atoms with Crippen molar-refractivity contribution in [2.45, 2.75) is 50.8 Å². The maximum Gasteiger partial charge on any atom is 0.191 e. The van der Waals surface area contributed by atoms with E-state index in [2.05, 4.69) is 15.6 Å². The second-order valence-electron chi connectivity index (χ2n) is 7.36. The van der Waals surface area contributed by atoms with Crippen LogP contribution in [0.1, 0.15) is 37.7 Å². The van der Waals surface area contributed by atoms with Crippen LogP contribution in [0.3, 0.4) is 0 Å². The van der Waals surface area contributed by atoms with E-state index in [1.54, 1.807) is 0 Å². The first kappa shape index (κ1) is 19.2. The highest BCUT2D eigenvalue weighted by molar-refractivity contribution is 14.0. The van der Waals surface area contributed by atoms with Crippen LogP contribution in [-0.2, 0) is 11.3 Å². The van der Waals surface area contributed by atoms with Crippen LogP contribution in [0.15, 0.2) is 29.3 Å². The van der Waals surface area contributed by atoms with E-state index in [4.69, 9.17) is 16.3 Å². The molecule has 0 aromatic heterocycles. The number of guanidine groups is 1. The van der Waals surface area contributed by atoms with Crippen molar-refractivity contribution >= 4 is 41.5 Å². The Kier molecular flexibility index (Phi) is 6.16. The van der Waals surface area contributed by atoms with Crippen LogP contribution >= 0.6 is 35.6 Å². The molecule has 3 unspecified atom stereocenters. The fraction of sp³-hybridized carbons (Fsp3) is 0.632. The van der Waals surface area contributed by atoms with Crippen molar-refractivity contribution in [3.8, 4) is 0 Å². The van der Waals surface area contributed by atoms with E-state index in [0.29, 0.717) is 23.5 Å². The largest absolute Gasteiger partial charge is 0.377 e. The zero-order valence-electron chi connectivity index (χ0n) is 14.6. The summed E-state index contributed by atoms with van der Waals surface area (Å²) in [5.41, 5.74) is 1.55. The molecule has 1 saturated heterocycles. The monoisotopic (exact) mass is 475 g/mol. The minimum atomic E-state index is 0. The summed E-state index contributed by atoms with van der Waals surface area (Å²) < 4.78 is 6.06. The molecular formula is C19H27ClIN3O. The Hall–Kier alpha value is -0.530. The molecule has 138 valence electrons. The molecule has 4 nitrogen and oxygen atoms in total. The molecule has 0 amide bonds. The molecule has 3 fully saturated rings. The predicted molar refractivity (Wildman–Crippen MR) is 113 cm³/mol. The topological polar surface area (TPSA) is 45.7 Å². The van der Waals surface area contributed by atoms with Gasteiger partial charge in [0.15, 0.2) is 5.96 Å². The summed E-state index contributed by atoms with van der Waals surface area (Å²) in [5, 5.41) is 7.94. The van der Waals surface area contributed by atoms with E-state index < -0.39 is 0 Å². The smallest absolute Gasteiger partial charge is 0.191 e. The second kappa shape index (κ2) is 8.01. The zero-order valence-corrected chi connectivity index (χ0v) is 17.7. The number of rotatable bonds is 3. The van der Waals surface area contributed by atoms with E-state index in [9.17, 15) is 0 Å². The van der Waals surface area contributed by atoms with Gasteiger partial charge in [-0.1, -0.05) is 36.6 Å². The maximum atomic E-state index is 6.06. The van der Waals surface area contributed by atoms with Crippen LogP contribution in [0.2, 0.25) is 5.02 Å². The normalized spacial score (nSPS) is 29.7. The van der Waals surface area contributed by atoms with Gasteiger partial charge in [0.25, 0.3) is 0 Å². The number of hydrogen-bond acceptors (Lipinski definition) is 2. The summed E-state index contributed by atoms with van der Waals surface area (Å²) in [6, 6.07) is 8.45. The minimum absolute atomic E-state index is 0. The average Bonchev–Trinajstić information content (AvgIpc) is 3.25. The molecule has 2 saturated carbocycles. The first-order chi connectivity index (χ1) is 11.7. The molecule has 3 atom stereocenters. The van der Waals surface area contributed by atoms with Gasteiger partial charge in [0.05, 0.1) is 6.10 Å². The lowest BCUT2D eigenvalue weighted by atomic mass is 9.54. The van der Waals surface area contributed by atoms with Crippen LogP contribution in [0.25, 0.3) is 0 Å². The van der Waals surface area contributed by atoms with Gasteiger partial charge in [-0.2, -0.15) is 0 Å². The molecule has 2 aliphatic carbocycles. The van der Waals surface area contributed by atoms with Crippen molar-refractivity contribution in [3.05, 3.63) is 34.9 Å². The third kappa shape index (κ3) is 3.52. The number of hydrogen-bond donors (Lipinski definition) is 2. The molecule has 1 aromatic rings. The van der Waals surface area contributed by atoms with E-state index in [-0.39, 0.29) is 24.0 Å². The van der Waals surface area contributed by atoms with Crippen molar-refractivity contribution in [1.29, 1.82) is 0 Å². The molecule has 25 heavy (non-hydrogen) atoms. The predicted octanol–water partition coefficient (Wildman–Crippen LogP) is 3.97. The third-order valence-electron chi connectivity index (χ3n) is 6.18. The zero-order chi connectivity index (χ0) is 16.6. The van der Waals surface area contributed by atoms with Crippen LogP contribution in [0.4, 0.5) is 0 Å². The van der Waals surface area contributed by atoms with E-state index in [0.717, 1.165) is 24.1 Å². The van der Waals surface area contributed by atoms with Crippen LogP contribution in [0, 0.1) is 11.3 Å². The Labute approximate surface area is 172 Å². The Bertz CT molecular complexity index is 616. The summed E-state index contributed by atoms with van der Waals surface area (Å²) in [5.74, 6) is 1.55. The number of nitrogens with zero attached hydrogens (tertiary/aromatic N) is 1. The lowest BCUT2D eigenvalue weighted by Crippen LogP contribution is -2.69. The lowest BCUT2D eigenvalue weighted by molar-refractivity contribution is -0.125. The highest BCUT2D eigenvalue weighted by Gasteiger charge is 2.65. The standard InChI is InChI=1S/C19H26ClN3O.HI/c1-21-18(22-12-13-4-6-14(20)7-5-13)23-16-15-8-11-24-17(15)19(16)9-2-3-10-19;/h4-7,15-17H,2-3,8-12H2,1H3,(H2,21,22,23);1H. The molecular weight excluding hydrogens is 449 g/mol.